The van der Waals surface area contributed by atoms with Gasteiger partial charge in [0.1, 0.15) is 5.82 Å². The lowest BCUT2D eigenvalue weighted by molar-refractivity contribution is 0.473. The zero-order chi connectivity index (χ0) is 14.2. The van der Waals surface area contributed by atoms with Crippen LogP contribution in [0, 0.1) is 5.82 Å². The highest BCUT2D eigenvalue weighted by atomic mass is 19.1. The SMILES string of the molecule is CCCNC(CCc1ccncc1)c1ccccc1F. The molecule has 20 heavy (non-hydrogen) atoms. The summed E-state index contributed by atoms with van der Waals surface area (Å²) in [6.45, 7) is 3.02. The molecule has 1 atom stereocenters. The molecule has 1 aromatic carbocycles. The summed E-state index contributed by atoms with van der Waals surface area (Å²) in [7, 11) is 0. The van der Waals surface area contributed by atoms with Gasteiger partial charge >= 0.3 is 0 Å². The number of rotatable bonds is 7. The lowest BCUT2D eigenvalue weighted by Crippen LogP contribution is -2.23. The first-order valence-corrected chi connectivity index (χ1v) is 7.18. The van der Waals surface area contributed by atoms with Crippen LogP contribution in [0.15, 0.2) is 48.8 Å². The molecule has 106 valence electrons. The number of nitrogens with zero attached hydrogens (tertiary/aromatic N) is 1. The van der Waals surface area contributed by atoms with E-state index in [1.54, 1.807) is 18.5 Å². The van der Waals surface area contributed by atoms with Gasteiger partial charge in [-0.2, -0.15) is 0 Å². The van der Waals surface area contributed by atoms with Crippen molar-refractivity contribution in [3.8, 4) is 0 Å². The molecular weight excluding hydrogens is 251 g/mol. The number of hydrogen-bond acceptors (Lipinski definition) is 2. The van der Waals surface area contributed by atoms with Gasteiger partial charge in [0, 0.05) is 24.0 Å². The summed E-state index contributed by atoms with van der Waals surface area (Å²) in [6.07, 6.45) is 6.43. The van der Waals surface area contributed by atoms with E-state index in [-0.39, 0.29) is 11.9 Å². The number of benzene rings is 1. The van der Waals surface area contributed by atoms with E-state index in [0.717, 1.165) is 31.4 Å². The first kappa shape index (κ1) is 14.7. The van der Waals surface area contributed by atoms with E-state index in [2.05, 4.69) is 17.2 Å². The minimum atomic E-state index is -0.129. The maximum atomic E-state index is 13.9. The average Bonchev–Trinajstić information content (AvgIpc) is 2.49. The van der Waals surface area contributed by atoms with Crippen molar-refractivity contribution >= 4 is 0 Å². The number of halogens is 1. The van der Waals surface area contributed by atoms with Gasteiger partial charge in [-0.25, -0.2) is 4.39 Å². The first-order valence-electron chi connectivity index (χ1n) is 7.18. The average molecular weight is 272 g/mol. The summed E-state index contributed by atoms with van der Waals surface area (Å²) in [5, 5.41) is 3.44. The van der Waals surface area contributed by atoms with E-state index in [4.69, 9.17) is 0 Å². The molecule has 1 N–H and O–H groups in total. The summed E-state index contributed by atoms with van der Waals surface area (Å²) >= 11 is 0. The van der Waals surface area contributed by atoms with Gasteiger partial charge in [-0.3, -0.25) is 4.98 Å². The van der Waals surface area contributed by atoms with Gasteiger partial charge in [-0.05, 0) is 49.6 Å². The lowest BCUT2D eigenvalue weighted by Gasteiger charge is -2.19. The van der Waals surface area contributed by atoms with E-state index >= 15 is 0 Å². The molecule has 3 heteroatoms. The van der Waals surface area contributed by atoms with E-state index in [1.807, 2.05) is 24.3 Å². The number of aryl methyl sites for hydroxylation is 1. The Morgan fingerprint density at radius 1 is 1.15 bits per heavy atom. The fraction of sp³-hybridized carbons (Fsp3) is 0.353. The molecular formula is C17H21FN2. The Morgan fingerprint density at radius 2 is 1.90 bits per heavy atom. The minimum Gasteiger partial charge on any atom is -0.310 e. The zero-order valence-corrected chi connectivity index (χ0v) is 11.8. The van der Waals surface area contributed by atoms with Gasteiger partial charge in [-0.1, -0.05) is 25.1 Å². The third-order valence-corrected chi connectivity index (χ3v) is 3.39. The molecule has 0 amide bonds. The van der Waals surface area contributed by atoms with E-state index in [9.17, 15) is 4.39 Å². The van der Waals surface area contributed by atoms with E-state index < -0.39 is 0 Å². The van der Waals surface area contributed by atoms with Crippen LogP contribution in [-0.4, -0.2) is 11.5 Å². The summed E-state index contributed by atoms with van der Waals surface area (Å²) in [5.74, 6) is -0.129. The largest absolute Gasteiger partial charge is 0.310 e. The minimum absolute atomic E-state index is 0.0596. The van der Waals surface area contributed by atoms with Crippen LogP contribution < -0.4 is 5.32 Å². The summed E-state index contributed by atoms with van der Waals surface area (Å²) in [6, 6.07) is 11.1. The van der Waals surface area contributed by atoms with Crippen LogP contribution in [0.5, 0.6) is 0 Å². The molecule has 0 spiro atoms. The third kappa shape index (κ3) is 4.14. The maximum Gasteiger partial charge on any atom is 0.127 e. The van der Waals surface area contributed by atoms with Crippen molar-refractivity contribution in [3.05, 3.63) is 65.7 Å². The number of pyridine rings is 1. The Balaban J connectivity index is 2.06. The van der Waals surface area contributed by atoms with Crippen molar-refractivity contribution in [3.63, 3.8) is 0 Å². The Labute approximate surface area is 120 Å². The third-order valence-electron chi connectivity index (χ3n) is 3.39. The second-order valence-electron chi connectivity index (χ2n) is 4.92. The highest BCUT2D eigenvalue weighted by Crippen LogP contribution is 2.22. The van der Waals surface area contributed by atoms with Crippen molar-refractivity contribution in [1.29, 1.82) is 0 Å². The summed E-state index contributed by atoms with van der Waals surface area (Å²) in [4.78, 5) is 4.02. The second-order valence-corrected chi connectivity index (χ2v) is 4.92. The molecule has 0 saturated carbocycles. The topological polar surface area (TPSA) is 24.9 Å². The summed E-state index contributed by atoms with van der Waals surface area (Å²) < 4.78 is 13.9. The quantitative estimate of drug-likeness (QED) is 0.827. The van der Waals surface area contributed by atoms with Gasteiger partial charge in [-0.15, -0.1) is 0 Å². The van der Waals surface area contributed by atoms with Gasteiger partial charge in [0.2, 0.25) is 0 Å². The first-order chi connectivity index (χ1) is 9.81. The van der Waals surface area contributed by atoms with Crippen molar-refractivity contribution in [2.75, 3.05) is 6.54 Å². The van der Waals surface area contributed by atoms with Crippen LogP contribution in [0.1, 0.15) is 36.9 Å². The molecule has 0 saturated heterocycles. The molecule has 0 aliphatic rings. The van der Waals surface area contributed by atoms with E-state index in [1.165, 1.54) is 11.6 Å². The van der Waals surface area contributed by atoms with Crippen molar-refractivity contribution < 1.29 is 4.39 Å². The van der Waals surface area contributed by atoms with Gasteiger partial charge in [0.25, 0.3) is 0 Å². The van der Waals surface area contributed by atoms with Crippen LogP contribution >= 0.6 is 0 Å². The molecule has 2 rings (SSSR count). The standard InChI is InChI=1S/C17H21FN2/c1-2-11-20-17(15-5-3-4-6-16(15)18)8-7-14-9-12-19-13-10-14/h3-6,9-10,12-13,17,20H,2,7-8,11H2,1H3. The fourth-order valence-corrected chi connectivity index (χ4v) is 2.30. The van der Waals surface area contributed by atoms with Crippen molar-refractivity contribution in [1.82, 2.24) is 10.3 Å². The van der Waals surface area contributed by atoms with Crippen molar-refractivity contribution in [2.45, 2.75) is 32.2 Å². The Morgan fingerprint density at radius 3 is 2.60 bits per heavy atom. The van der Waals surface area contributed by atoms with Gasteiger partial charge in [0.15, 0.2) is 0 Å². The molecule has 2 aromatic rings. The predicted molar refractivity (Wildman–Crippen MR) is 80.0 cm³/mol. The fourth-order valence-electron chi connectivity index (χ4n) is 2.30. The molecule has 2 nitrogen and oxygen atoms in total. The van der Waals surface area contributed by atoms with E-state index in [0.29, 0.717) is 0 Å². The van der Waals surface area contributed by atoms with Gasteiger partial charge in [0.05, 0.1) is 0 Å². The zero-order valence-electron chi connectivity index (χ0n) is 11.8. The van der Waals surface area contributed by atoms with Crippen LogP contribution in [-0.2, 0) is 6.42 Å². The lowest BCUT2D eigenvalue weighted by atomic mass is 9.99. The van der Waals surface area contributed by atoms with Crippen LogP contribution in [0.3, 0.4) is 0 Å². The molecule has 1 aromatic heterocycles. The highest BCUT2D eigenvalue weighted by molar-refractivity contribution is 5.22. The molecule has 1 heterocycles. The Bertz CT molecular complexity index is 513. The molecule has 0 fully saturated rings. The molecule has 0 bridgehead atoms. The van der Waals surface area contributed by atoms with Crippen molar-refractivity contribution in [2.24, 2.45) is 0 Å². The second kappa shape index (κ2) is 7.75. The highest BCUT2D eigenvalue weighted by Gasteiger charge is 2.14. The number of nitrogens with one attached hydrogen (secondary N) is 1. The monoisotopic (exact) mass is 272 g/mol. The molecule has 0 aliphatic carbocycles. The number of hydrogen-bond donors (Lipinski definition) is 1. The van der Waals surface area contributed by atoms with Crippen LogP contribution in [0.25, 0.3) is 0 Å². The predicted octanol–water partition coefficient (Wildman–Crippen LogP) is 3.89. The van der Waals surface area contributed by atoms with Gasteiger partial charge < -0.3 is 5.32 Å². The Hall–Kier alpha value is -1.74. The Kier molecular flexibility index (Phi) is 5.69. The van der Waals surface area contributed by atoms with Crippen LogP contribution in [0.4, 0.5) is 4.39 Å². The summed E-state index contributed by atoms with van der Waals surface area (Å²) in [5.41, 5.74) is 2.00. The molecule has 0 aliphatic heterocycles. The molecule has 1 unspecified atom stereocenters. The smallest absolute Gasteiger partial charge is 0.127 e. The maximum absolute atomic E-state index is 13.9. The molecule has 0 radical (unpaired) electrons. The normalized spacial score (nSPS) is 12.3. The van der Waals surface area contributed by atoms with Crippen LogP contribution in [0.2, 0.25) is 0 Å². The number of aromatic nitrogens is 1.